The van der Waals surface area contributed by atoms with Crippen LogP contribution in [0.1, 0.15) is 24.1 Å². The van der Waals surface area contributed by atoms with E-state index < -0.39 is 13.6 Å². The first-order chi connectivity index (χ1) is 21.2. The number of carbonyl (C=O) groups is 1. The molecule has 0 aliphatic carbocycles. The number of hydrogen-bond donors (Lipinski definition) is 4. The van der Waals surface area contributed by atoms with E-state index in [1.807, 2.05) is 0 Å². The fourth-order valence-corrected chi connectivity index (χ4v) is 6.09. The van der Waals surface area contributed by atoms with Crippen LogP contribution in [-0.4, -0.2) is 75.0 Å². The van der Waals surface area contributed by atoms with Crippen molar-refractivity contribution in [2.75, 3.05) is 44.0 Å². The Morgan fingerprint density at radius 1 is 1.20 bits per heavy atom. The predicted molar refractivity (Wildman–Crippen MR) is 163 cm³/mol. The molecule has 1 fully saturated rings. The number of methoxy groups -OCH3 is 1. The summed E-state index contributed by atoms with van der Waals surface area (Å²) in [5.74, 6) is 0.647. The summed E-state index contributed by atoms with van der Waals surface area (Å²) in [4.78, 5) is 46.3. The van der Waals surface area contributed by atoms with Crippen LogP contribution in [0.15, 0.2) is 48.9 Å². The van der Waals surface area contributed by atoms with Crippen molar-refractivity contribution in [3.63, 3.8) is 0 Å². The maximum atomic E-state index is 13.9. The lowest BCUT2D eigenvalue weighted by molar-refractivity contribution is -0.115. The number of phosphoric acid groups is 1. The van der Waals surface area contributed by atoms with Crippen LogP contribution >= 0.6 is 19.2 Å². The van der Waals surface area contributed by atoms with Crippen LogP contribution in [0.2, 0.25) is 0 Å². The summed E-state index contributed by atoms with van der Waals surface area (Å²) in [5, 5.41) is 6.94. The van der Waals surface area contributed by atoms with Crippen LogP contribution < -0.4 is 20.1 Å². The third-order valence-corrected chi connectivity index (χ3v) is 8.36. The van der Waals surface area contributed by atoms with Gasteiger partial charge in [0.15, 0.2) is 16.6 Å². The lowest BCUT2D eigenvalue weighted by Gasteiger charge is -2.24. The van der Waals surface area contributed by atoms with Crippen molar-refractivity contribution in [3.05, 3.63) is 59.6 Å². The molecular weight excluding hydrogens is 614 g/mol. The monoisotopic (exact) mass is 646 g/mol. The fourth-order valence-electron chi connectivity index (χ4n) is 4.91. The summed E-state index contributed by atoms with van der Waals surface area (Å²) in [6, 6.07) is 9.49. The first-order valence-electron chi connectivity index (χ1n) is 13.8. The smallest absolute Gasteiger partial charge is 0.469 e. The Kier molecular flexibility index (Phi) is 10.4. The Balaban J connectivity index is 1.18. The highest BCUT2D eigenvalue weighted by atomic mass is 32.1. The van der Waals surface area contributed by atoms with E-state index in [-0.39, 0.29) is 30.7 Å². The summed E-state index contributed by atoms with van der Waals surface area (Å²) in [5.41, 5.74) is 0.741. The lowest BCUT2D eigenvalue weighted by Crippen LogP contribution is -2.34. The summed E-state index contributed by atoms with van der Waals surface area (Å²) in [6.45, 7) is 1.92. The van der Waals surface area contributed by atoms with Crippen molar-refractivity contribution in [2.24, 2.45) is 0 Å². The number of hydrogen-bond acceptors (Lipinski definition) is 11. The molecule has 5 rings (SSSR count). The number of aromatic nitrogens is 3. The Bertz CT molecular complexity index is 1650. The molecule has 44 heavy (non-hydrogen) atoms. The predicted octanol–water partition coefficient (Wildman–Crippen LogP) is 4.50. The molecule has 2 aromatic heterocycles. The number of fused-ring (bicyclic) bond motifs is 1. The molecule has 0 radical (unpaired) electrons. The number of benzene rings is 2. The average Bonchev–Trinajstić information content (AvgIpc) is 3.63. The zero-order chi connectivity index (χ0) is 31.1. The van der Waals surface area contributed by atoms with Crippen molar-refractivity contribution >= 4 is 52.6 Å². The van der Waals surface area contributed by atoms with E-state index in [0.717, 1.165) is 19.4 Å². The van der Waals surface area contributed by atoms with Crippen molar-refractivity contribution in [2.45, 2.75) is 31.7 Å². The number of phosphoric ester groups is 1. The average molecular weight is 647 g/mol. The maximum absolute atomic E-state index is 13.9. The first kappa shape index (κ1) is 31.7. The lowest BCUT2D eigenvalue weighted by atomic mass is 10.2. The number of rotatable bonds is 14. The SMILES string of the molecule is COc1cc2c(Nc3ncc(CC(=O)Nc4ccccc4F)s3)ncnc2cc1OCCCN1CCC[C@H]1COP(=O)(O)O. The second-order valence-electron chi connectivity index (χ2n) is 10.0. The quantitative estimate of drug-likeness (QED) is 0.112. The minimum Gasteiger partial charge on any atom is -0.493 e. The van der Waals surface area contributed by atoms with Gasteiger partial charge in [0.1, 0.15) is 18.0 Å². The van der Waals surface area contributed by atoms with Gasteiger partial charge in [-0.05, 0) is 44.0 Å². The summed E-state index contributed by atoms with van der Waals surface area (Å²) in [6.07, 6.45) is 5.49. The molecule has 1 amide bonds. The molecule has 0 spiro atoms. The van der Waals surface area contributed by atoms with E-state index in [4.69, 9.17) is 23.8 Å². The molecule has 1 atom stereocenters. The molecule has 16 heteroatoms. The number of nitrogens with zero attached hydrogens (tertiary/aromatic N) is 4. The van der Waals surface area contributed by atoms with Crippen LogP contribution in [0.5, 0.6) is 11.5 Å². The van der Waals surface area contributed by atoms with Gasteiger partial charge in [-0.2, -0.15) is 0 Å². The second-order valence-corrected chi connectivity index (χ2v) is 12.4. The molecular formula is C28H32FN6O7PS. The van der Waals surface area contributed by atoms with Gasteiger partial charge in [-0.25, -0.2) is 23.9 Å². The zero-order valence-corrected chi connectivity index (χ0v) is 25.5. The summed E-state index contributed by atoms with van der Waals surface area (Å²) < 4.78 is 41.2. The van der Waals surface area contributed by atoms with E-state index in [0.29, 0.717) is 57.8 Å². The number of nitrogens with one attached hydrogen (secondary N) is 2. The molecule has 0 unspecified atom stereocenters. The highest BCUT2D eigenvalue weighted by molar-refractivity contribution is 7.46. The maximum Gasteiger partial charge on any atom is 0.469 e. The standard InChI is InChI=1S/C28H32FN6O7PS/c1-40-24-13-20-23(14-25(24)41-11-5-10-35-9-4-6-18(35)16-42-43(37,38)39)31-17-32-27(20)34-28-30-15-19(44-28)12-26(36)33-22-8-3-2-7-21(22)29/h2-3,7-8,13-15,17-18H,4-6,9-12,16H2,1H3,(H,33,36)(H2,37,38,39)(H,30,31,32,34)/t18-/m0/s1. The van der Waals surface area contributed by atoms with Gasteiger partial charge in [0.05, 0.1) is 37.9 Å². The van der Waals surface area contributed by atoms with Crippen LogP contribution in [0.3, 0.4) is 0 Å². The number of carbonyl (C=O) groups excluding carboxylic acids is 1. The van der Waals surface area contributed by atoms with Crippen LogP contribution in [0.25, 0.3) is 10.9 Å². The van der Waals surface area contributed by atoms with Crippen LogP contribution in [0, 0.1) is 5.82 Å². The molecule has 2 aromatic carbocycles. The third kappa shape index (κ3) is 8.46. The molecule has 234 valence electrons. The highest BCUT2D eigenvalue weighted by Crippen LogP contribution is 2.37. The van der Waals surface area contributed by atoms with Crippen molar-refractivity contribution < 1.29 is 37.5 Å². The van der Waals surface area contributed by atoms with E-state index in [2.05, 4.69) is 30.5 Å². The molecule has 4 aromatic rings. The van der Waals surface area contributed by atoms with Crippen LogP contribution in [-0.2, 0) is 20.3 Å². The Labute approximate surface area is 256 Å². The molecule has 1 aliphatic rings. The van der Waals surface area contributed by atoms with Crippen molar-refractivity contribution in [1.82, 2.24) is 19.9 Å². The van der Waals surface area contributed by atoms with Gasteiger partial charge in [0, 0.05) is 35.1 Å². The van der Waals surface area contributed by atoms with Gasteiger partial charge in [-0.1, -0.05) is 12.1 Å². The molecule has 1 saturated heterocycles. The molecule has 1 aliphatic heterocycles. The van der Waals surface area contributed by atoms with Gasteiger partial charge in [0.25, 0.3) is 0 Å². The second kappa shape index (κ2) is 14.4. The zero-order valence-electron chi connectivity index (χ0n) is 23.8. The highest BCUT2D eigenvalue weighted by Gasteiger charge is 2.27. The normalized spacial score (nSPS) is 15.4. The Morgan fingerprint density at radius 3 is 2.84 bits per heavy atom. The first-order valence-corrected chi connectivity index (χ1v) is 16.2. The minimum absolute atomic E-state index is 0.00712. The molecule has 4 N–H and O–H groups in total. The van der Waals surface area contributed by atoms with E-state index >= 15 is 0 Å². The Morgan fingerprint density at radius 2 is 2.05 bits per heavy atom. The Hall–Kier alpha value is -3.72. The largest absolute Gasteiger partial charge is 0.493 e. The summed E-state index contributed by atoms with van der Waals surface area (Å²) >= 11 is 1.28. The van der Waals surface area contributed by atoms with Crippen LogP contribution in [0.4, 0.5) is 21.0 Å². The number of anilines is 3. The molecule has 3 heterocycles. The third-order valence-electron chi connectivity index (χ3n) is 6.96. The number of thiazole rings is 1. The van der Waals surface area contributed by atoms with Crippen molar-refractivity contribution in [1.29, 1.82) is 0 Å². The van der Waals surface area contributed by atoms with E-state index in [1.165, 1.54) is 29.8 Å². The van der Waals surface area contributed by atoms with Gasteiger partial charge in [0.2, 0.25) is 5.91 Å². The van der Waals surface area contributed by atoms with Gasteiger partial charge in [-0.3, -0.25) is 14.2 Å². The molecule has 13 nitrogen and oxygen atoms in total. The van der Waals surface area contributed by atoms with Gasteiger partial charge < -0.3 is 29.9 Å². The van der Waals surface area contributed by atoms with Gasteiger partial charge >= 0.3 is 7.82 Å². The van der Waals surface area contributed by atoms with Crippen molar-refractivity contribution in [3.8, 4) is 11.5 Å². The number of likely N-dealkylation sites (tertiary alicyclic amines) is 1. The van der Waals surface area contributed by atoms with Gasteiger partial charge in [-0.15, -0.1) is 11.3 Å². The number of amides is 1. The number of para-hydroxylation sites is 1. The fraction of sp³-hybridized carbons (Fsp3) is 0.357. The topological polar surface area (TPSA) is 168 Å². The summed E-state index contributed by atoms with van der Waals surface area (Å²) in [7, 11) is -2.95. The van der Waals surface area contributed by atoms with E-state index in [9.17, 15) is 13.8 Å². The molecule has 0 saturated carbocycles. The number of halogens is 1. The number of ether oxygens (including phenoxy) is 2. The minimum atomic E-state index is -4.49. The molecule has 0 bridgehead atoms. The van der Waals surface area contributed by atoms with E-state index in [1.54, 1.807) is 37.6 Å².